The Kier molecular flexibility index (Phi) is 4.25. The van der Waals surface area contributed by atoms with E-state index in [9.17, 15) is 21.6 Å². The quantitative estimate of drug-likeness (QED) is 0.860. The number of hydrazone groups is 1. The van der Waals surface area contributed by atoms with E-state index in [0.717, 1.165) is 17.3 Å². The van der Waals surface area contributed by atoms with Gasteiger partial charge in [0.1, 0.15) is 4.90 Å². The lowest BCUT2D eigenvalue weighted by Gasteiger charge is -2.19. The number of urea groups is 1. The summed E-state index contributed by atoms with van der Waals surface area (Å²) in [6.45, 7) is 1.71. The van der Waals surface area contributed by atoms with E-state index >= 15 is 0 Å². The van der Waals surface area contributed by atoms with Crippen LogP contribution in [-0.2, 0) is 19.9 Å². The van der Waals surface area contributed by atoms with Crippen molar-refractivity contribution in [2.45, 2.75) is 29.2 Å². The first kappa shape index (κ1) is 16.4. The molecule has 0 spiro atoms. The third-order valence-electron chi connectivity index (χ3n) is 3.04. The predicted octanol–water partition coefficient (Wildman–Crippen LogP) is 0.568. The summed E-state index contributed by atoms with van der Waals surface area (Å²) in [4.78, 5) is 11.1. The van der Waals surface area contributed by atoms with E-state index in [1.54, 1.807) is 6.92 Å². The van der Waals surface area contributed by atoms with Crippen molar-refractivity contribution in [2.75, 3.05) is 6.26 Å². The van der Waals surface area contributed by atoms with Crippen LogP contribution in [0.25, 0.3) is 0 Å². The highest BCUT2D eigenvalue weighted by Crippen LogP contribution is 2.21. The van der Waals surface area contributed by atoms with Crippen LogP contribution in [0.3, 0.4) is 0 Å². The zero-order valence-corrected chi connectivity index (χ0v) is 13.6. The maximum Gasteiger partial charge on any atom is 0.351 e. The maximum absolute atomic E-state index is 12.3. The number of nitrogens with zero attached hydrogens (tertiary/aromatic N) is 2. The van der Waals surface area contributed by atoms with Crippen LogP contribution in [0.4, 0.5) is 4.79 Å². The lowest BCUT2D eigenvalue weighted by atomic mass is 10.3. The van der Waals surface area contributed by atoms with E-state index in [-0.39, 0.29) is 10.9 Å². The van der Waals surface area contributed by atoms with Gasteiger partial charge in [-0.3, -0.25) is 0 Å². The summed E-state index contributed by atoms with van der Waals surface area (Å²) >= 11 is 0. The van der Waals surface area contributed by atoms with Crippen LogP contribution < -0.4 is 4.72 Å². The van der Waals surface area contributed by atoms with Gasteiger partial charge in [-0.2, -0.15) is 5.10 Å². The Bertz CT molecular complexity index is 830. The topological polar surface area (TPSA) is 113 Å². The summed E-state index contributed by atoms with van der Waals surface area (Å²) in [5, 5.41) is 4.78. The number of amides is 2. The number of rotatable bonds is 3. The lowest BCUT2D eigenvalue weighted by molar-refractivity contribution is 0.196. The third-order valence-corrected chi connectivity index (χ3v) is 5.70. The third kappa shape index (κ3) is 3.28. The normalized spacial score (nSPS) is 18.5. The highest BCUT2D eigenvalue weighted by molar-refractivity contribution is 7.93. The fraction of sp³-hybridized carbons (Fsp3) is 0.333. The van der Waals surface area contributed by atoms with Gasteiger partial charge in [0.2, 0.25) is 0 Å². The van der Waals surface area contributed by atoms with Gasteiger partial charge in [0.05, 0.1) is 10.9 Å². The number of hydrogen-bond donors (Lipinski definition) is 1. The minimum Gasteiger partial charge on any atom is -0.246 e. The Labute approximate surface area is 128 Å². The van der Waals surface area contributed by atoms with Crippen LogP contribution >= 0.6 is 0 Å². The van der Waals surface area contributed by atoms with Gasteiger partial charge in [-0.05, 0) is 19.1 Å². The van der Waals surface area contributed by atoms with Gasteiger partial charge in [-0.1, -0.05) is 12.1 Å². The maximum atomic E-state index is 12.3. The van der Waals surface area contributed by atoms with Crippen LogP contribution in [0.15, 0.2) is 39.2 Å². The van der Waals surface area contributed by atoms with Gasteiger partial charge in [0.15, 0.2) is 9.84 Å². The molecule has 1 aromatic rings. The van der Waals surface area contributed by atoms with Crippen molar-refractivity contribution in [1.29, 1.82) is 0 Å². The molecule has 0 bridgehead atoms. The van der Waals surface area contributed by atoms with Crippen LogP contribution in [0.1, 0.15) is 13.3 Å². The molecule has 0 saturated carbocycles. The molecule has 120 valence electrons. The molecule has 1 aliphatic rings. The molecule has 1 N–H and O–H groups in total. The number of hydrogen-bond acceptors (Lipinski definition) is 6. The zero-order chi connectivity index (χ0) is 16.5. The van der Waals surface area contributed by atoms with Crippen LogP contribution in [0.5, 0.6) is 0 Å². The molecule has 0 saturated heterocycles. The summed E-state index contributed by atoms with van der Waals surface area (Å²) < 4.78 is 49.8. The van der Waals surface area contributed by atoms with Gasteiger partial charge < -0.3 is 0 Å². The number of carbonyl (C=O) groups excluding carboxylic acids is 1. The first-order chi connectivity index (χ1) is 10.1. The van der Waals surface area contributed by atoms with Crippen molar-refractivity contribution in [1.82, 2.24) is 9.73 Å². The molecule has 8 nitrogen and oxygen atoms in total. The minimum atomic E-state index is -4.33. The monoisotopic (exact) mass is 345 g/mol. The van der Waals surface area contributed by atoms with Crippen molar-refractivity contribution >= 4 is 32.1 Å². The van der Waals surface area contributed by atoms with E-state index in [4.69, 9.17) is 0 Å². The SMILES string of the molecule is CC1CC=NN1C(=O)NS(=O)(=O)c1ccccc1S(C)(=O)=O. The molecule has 0 fully saturated rings. The molecule has 2 rings (SSSR count). The van der Waals surface area contributed by atoms with Crippen LogP contribution in [0.2, 0.25) is 0 Å². The van der Waals surface area contributed by atoms with Gasteiger partial charge >= 0.3 is 6.03 Å². The molecule has 1 unspecified atom stereocenters. The van der Waals surface area contributed by atoms with Crippen LogP contribution in [-0.4, -0.2) is 46.4 Å². The Hall–Kier alpha value is -1.94. The average molecular weight is 345 g/mol. The fourth-order valence-corrected chi connectivity index (χ4v) is 4.52. The number of nitrogens with one attached hydrogen (secondary N) is 1. The zero-order valence-electron chi connectivity index (χ0n) is 11.9. The van der Waals surface area contributed by atoms with Crippen molar-refractivity contribution in [2.24, 2.45) is 5.10 Å². The van der Waals surface area contributed by atoms with Crippen molar-refractivity contribution in [3.8, 4) is 0 Å². The molecule has 1 atom stereocenters. The van der Waals surface area contributed by atoms with Gasteiger partial charge in [0.25, 0.3) is 10.0 Å². The smallest absolute Gasteiger partial charge is 0.246 e. The summed E-state index contributed by atoms with van der Waals surface area (Å²) in [6, 6.07) is 3.90. The molecule has 1 aliphatic heterocycles. The standard InChI is InChI=1S/C12H15N3O5S2/c1-9-7-8-13-15(9)12(16)14-22(19,20)11-6-4-3-5-10(11)21(2,17)18/h3-6,8-9H,7H2,1-2H3,(H,14,16). The summed E-state index contributed by atoms with van der Waals surface area (Å²) in [7, 11) is -8.08. The second-order valence-electron chi connectivity index (χ2n) is 4.86. The molecule has 1 heterocycles. The predicted molar refractivity (Wildman–Crippen MR) is 79.7 cm³/mol. The summed E-state index contributed by atoms with van der Waals surface area (Å²) in [6.07, 6.45) is 2.92. The van der Waals surface area contributed by atoms with Crippen molar-refractivity contribution in [3.63, 3.8) is 0 Å². The molecule has 1 aromatic carbocycles. The Morgan fingerprint density at radius 2 is 1.82 bits per heavy atom. The molecule has 0 aromatic heterocycles. The molecule has 2 amide bonds. The molecule has 0 aliphatic carbocycles. The van der Waals surface area contributed by atoms with Gasteiger partial charge in [0, 0.05) is 18.9 Å². The number of carbonyl (C=O) groups is 1. The van der Waals surface area contributed by atoms with Gasteiger partial charge in [-0.15, -0.1) is 0 Å². The number of benzene rings is 1. The number of sulfonamides is 1. The second kappa shape index (κ2) is 5.69. The van der Waals surface area contributed by atoms with Crippen molar-refractivity contribution < 1.29 is 21.6 Å². The largest absolute Gasteiger partial charge is 0.351 e. The fourth-order valence-electron chi connectivity index (χ4n) is 1.95. The Balaban J connectivity index is 2.36. The summed E-state index contributed by atoms with van der Waals surface area (Å²) in [5.41, 5.74) is 0. The number of sulfone groups is 1. The first-order valence-corrected chi connectivity index (χ1v) is 9.68. The van der Waals surface area contributed by atoms with E-state index in [1.807, 2.05) is 4.72 Å². The molecule has 22 heavy (non-hydrogen) atoms. The molecular weight excluding hydrogens is 330 g/mol. The molecule has 0 radical (unpaired) electrons. The molecule has 10 heteroatoms. The second-order valence-corrected chi connectivity index (χ2v) is 8.49. The summed E-state index contributed by atoms with van der Waals surface area (Å²) in [5.74, 6) is 0. The minimum absolute atomic E-state index is 0.264. The Morgan fingerprint density at radius 3 is 2.32 bits per heavy atom. The van der Waals surface area contributed by atoms with E-state index < -0.39 is 30.8 Å². The average Bonchev–Trinajstić information content (AvgIpc) is 2.83. The van der Waals surface area contributed by atoms with Gasteiger partial charge in [-0.25, -0.2) is 31.4 Å². The molecular formula is C12H15N3O5S2. The van der Waals surface area contributed by atoms with E-state index in [2.05, 4.69) is 5.10 Å². The van der Waals surface area contributed by atoms with E-state index in [1.165, 1.54) is 24.4 Å². The van der Waals surface area contributed by atoms with Crippen molar-refractivity contribution in [3.05, 3.63) is 24.3 Å². The highest BCUT2D eigenvalue weighted by Gasteiger charge is 2.30. The van der Waals surface area contributed by atoms with E-state index in [0.29, 0.717) is 6.42 Å². The van der Waals surface area contributed by atoms with Crippen LogP contribution in [0, 0.1) is 0 Å². The highest BCUT2D eigenvalue weighted by atomic mass is 32.2. The first-order valence-electron chi connectivity index (χ1n) is 6.30. The lowest BCUT2D eigenvalue weighted by Crippen LogP contribution is -2.42. The Morgan fingerprint density at radius 1 is 1.23 bits per heavy atom.